The Bertz CT molecular complexity index is 175. The lowest BCUT2D eigenvalue weighted by Crippen LogP contribution is -1.99. The number of methoxy groups -OCH3 is 1. The number of hydrogen-bond donors (Lipinski definition) is 0. The molecule has 0 aliphatic rings. The van der Waals surface area contributed by atoms with E-state index in [2.05, 4.69) is 4.74 Å². The van der Waals surface area contributed by atoms with Crippen molar-refractivity contribution in [3.8, 4) is 0 Å². The monoisotopic (exact) mass is 159 g/mol. The molecule has 0 rings (SSSR count). The number of ether oxygens (including phenoxy) is 1. The van der Waals surface area contributed by atoms with Gasteiger partial charge in [-0.2, -0.15) is 0 Å². The second kappa shape index (κ2) is 5.40. The zero-order valence-electron chi connectivity index (χ0n) is 6.15. The second-order valence-corrected chi connectivity index (χ2v) is 1.77. The molecule has 0 saturated heterocycles. The summed E-state index contributed by atoms with van der Waals surface area (Å²) in [7, 11) is 1.27. The average Bonchev–Trinajstić information content (AvgIpc) is 1.97. The van der Waals surface area contributed by atoms with E-state index in [4.69, 9.17) is 0 Å². The molecule has 0 fully saturated rings. The molecule has 0 amide bonds. The van der Waals surface area contributed by atoms with Gasteiger partial charge in [-0.1, -0.05) is 6.08 Å². The first-order chi connectivity index (χ1) is 5.16. The highest BCUT2D eigenvalue weighted by atomic mass is 16.6. The van der Waals surface area contributed by atoms with Gasteiger partial charge in [0.25, 0.3) is 0 Å². The summed E-state index contributed by atoms with van der Waals surface area (Å²) in [5, 5.41) is 9.75. The van der Waals surface area contributed by atoms with Crippen molar-refractivity contribution >= 4 is 5.97 Å². The molecule has 0 bridgehead atoms. The lowest BCUT2D eigenvalue weighted by Gasteiger charge is -1.90. The van der Waals surface area contributed by atoms with Crippen molar-refractivity contribution in [3.05, 3.63) is 22.3 Å². The molecular weight excluding hydrogens is 150 g/mol. The third-order valence-corrected chi connectivity index (χ3v) is 0.933. The van der Waals surface area contributed by atoms with E-state index < -0.39 is 10.9 Å². The predicted octanol–water partition coefficient (Wildman–Crippen LogP) is 0.382. The lowest BCUT2D eigenvalue weighted by molar-refractivity contribution is -0.468. The number of carbonyl (C=O) groups excluding carboxylic acids is 1. The van der Waals surface area contributed by atoms with Crippen LogP contribution < -0.4 is 0 Å². The molecule has 0 aliphatic heterocycles. The number of esters is 1. The smallest absolute Gasteiger partial charge is 0.309 e. The maximum absolute atomic E-state index is 10.4. The van der Waals surface area contributed by atoms with E-state index in [1.54, 1.807) is 0 Å². The summed E-state index contributed by atoms with van der Waals surface area (Å²) in [5.74, 6) is -0.399. The Morgan fingerprint density at radius 2 is 2.27 bits per heavy atom. The van der Waals surface area contributed by atoms with Crippen LogP contribution in [0.4, 0.5) is 0 Å². The maximum atomic E-state index is 10.4. The summed E-state index contributed by atoms with van der Waals surface area (Å²) < 4.78 is 4.30. The van der Waals surface area contributed by atoms with Gasteiger partial charge in [-0.15, -0.1) is 0 Å². The fourth-order valence-corrected chi connectivity index (χ4v) is 0.423. The fraction of sp³-hybridized carbons (Fsp3) is 0.500. The van der Waals surface area contributed by atoms with E-state index in [0.29, 0.717) is 0 Å². The maximum Gasteiger partial charge on any atom is 0.309 e. The predicted molar refractivity (Wildman–Crippen MR) is 37.6 cm³/mol. The van der Waals surface area contributed by atoms with Crippen molar-refractivity contribution in [3.63, 3.8) is 0 Å². The minimum absolute atomic E-state index is 0.0876. The van der Waals surface area contributed by atoms with E-state index >= 15 is 0 Å². The molecule has 0 atom stereocenters. The van der Waals surface area contributed by atoms with E-state index in [9.17, 15) is 14.9 Å². The van der Waals surface area contributed by atoms with Gasteiger partial charge in [0.15, 0.2) is 0 Å². The molecular formula is C6H9NO4. The van der Waals surface area contributed by atoms with E-state index in [0.717, 1.165) is 0 Å². The summed E-state index contributed by atoms with van der Waals surface area (Å²) in [4.78, 5) is 19.7. The van der Waals surface area contributed by atoms with Gasteiger partial charge in [0.1, 0.15) is 0 Å². The van der Waals surface area contributed by atoms with Gasteiger partial charge in [0.05, 0.1) is 13.5 Å². The topological polar surface area (TPSA) is 69.4 Å². The minimum atomic E-state index is -0.478. The van der Waals surface area contributed by atoms with Gasteiger partial charge in [0, 0.05) is 4.92 Å². The van der Waals surface area contributed by atoms with Crippen LogP contribution in [0.15, 0.2) is 12.2 Å². The Labute approximate surface area is 63.8 Å². The molecule has 5 nitrogen and oxygen atoms in total. The zero-order valence-corrected chi connectivity index (χ0v) is 6.15. The Morgan fingerprint density at radius 3 is 2.73 bits per heavy atom. The highest BCUT2D eigenvalue weighted by Crippen LogP contribution is 1.86. The van der Waals surface area contributed by atoms with Gasteiger partial charge < -0.3 is 4.74 Å². The Kier molecular flexibility index (Phi) is 4.72. The summed E-state index contributed by atoms with van der Waals surface area (Å²) in [6, 6.07) is 0. The molecule has 62 valence electrons. The molecule has 0 spiro atoms. The van der Waals surface area contributed by atoms with Crippen LogP contribution in [0.1, 0.15) is 6.42 Å². The van der Waals surface area contributed by atoms with Crippen LogP contribution in [-0.2, 0) is 9.53 Å². The van der Waals surface area contributed by atoms with Gasteiger partial charge in [-0.25, -0.2) is 0 Å². The minimum Gasteiger partial charge on any atom is -0.469 e. The molecule has 5 heteroatoms. The zero-order chi connectivity index (χ0) is 8.69. The largest absolute Gasteiger partial charge is 0.469 e. The molecule has 0 heterocycles. The van der Waals surface area contributed by atoms with Gasteiger partial charge >= 0.3 is 5.97 Å². The van der Waals surface area contributed by atoms with Crippen LogP contribution in [0.2, 0.25) is 0 Å². The SMILES string of the molecule is COC(=O)C/C=C/C[N+](=O)[O-]. The Balaban J connectivity index is 3.44. The van der Waals surface area contributed by atoms with E-state index in [1.165, 1.54) is 19.3 Å². The molecule has 11 heavy (non-hydrogen) atoms. The molecule has 0 aromatic rings. The number of hydrogen-bond acceptors (Lipinski definition) is 4. The van der Waals surface area contributed by atoms with Crippen LogP contribution in [0.3, 0.4) is 0 Å². The van der Waals surface area contributed by atoms with Crippen LogP contribution in [-0.4, -0.2) is 24.5 Å². The lowest BCUT2D eigenvalue weighted by atomic mass is 10.4. The van der Waals surface area contributed by atoms with Crippen LogP contribution in [0, 0.1) is 10.1 Å². The van der Waals surface area contributed by atoms with Crippen LogP contribution >= 0.6 is 0 Å². The number of nitro groups is 1. The van der Waals surface area contributed by atoms with Crippen molar-refractivity contribution in [2.45, 2.75) is 6.42 Å². The van der Waals surface area contributed by atoms with Gasteiger partial charge in [-0.3, -0.25) is 14.9 Å². The summed E-state index contributed by atoms with van der Waals surface area (Å²) in [6.45, 7) is -0.253. The standard InChI is InChI=1S/C6H9NO4/c1-11-6(8)4-2-3-5-7(9)10/h2-3H,4-5H2,1H3/b3-2+. The van der Waals surface area contributed by atoms with Crippen LogP contribution in [0.5, 0.6) is 0 Å². The summed E-state index contributed by atoms with van der Waals surface area (Å²) in [6.07, 6.45) is 2.82. The number of carbonyl (C=O) groups is 1. The Hall–Kier alpha value is -1.39. The van der Waals surface area contributed by atoms with E-state index in [1.807, 2.05) is 0 Å². The molecule has 0 saturated carbocycles. The first-order valence-electron chi connectivity index (χ1n) is 3.00. The molecule has 0 aliphatic carbocycles. The highest BCUT2D eigenvalue weighted by molar-refractivity contribution is 5.70. The van der Waals surface area contributed by atoms with Crippen molar-refractivity contribution in [1.29, 1.82) is 0 Å². The quantitative estimate of drug-likeness (QED) is 0.257. The molecule has 0 aromatic heterocycles. The molecule has 0 radical (unpaired) electrons. The molecule has 0 unspecified atom stereocenters. The van der Waals surface area contributed by atoms with E-state index in [-0.39, 0.29) is 13.0 Å². The average molecular weight is 159 g/mol. The highest BCUT2D eigenvalue weighted by Gasteiger charge is 1.94. The summed E-state index contributed by atoms with van der Waals surface area (Å²) in [5.41, 5.74) is 0. The molecule has 0 aromatic carbocycles. The van der Waals surface area contributed by atoms with Crippen molar-refractivity contribution < 1.29 is 14.5 Å². The first-order valence-corrected chi connectivity index (χ1v) is 3.00. The third-order valence-electron chi connectivity index (χ3n) is 0.933. The number of rotatable bonds is 4. The molecule has 0 N–H and O–H groups in total. The van der Waals surface area contributed by atoms with Crippen molar-refractivity contribution in [2.24, 2.45) is 0 Å². The van der Waals surface area contributed by atoms with Crippen molar-refractivity contribution in [2.75, 3.05) is 13.7 Å². The van der Waals surface area contributed by atoms with Crippen LogP contribution in [0.25, 0.3) is 0 Å². The Morgan fingerprint density at radius 1 is 1.64 bits per heavy atom. The van der Waals surface area contributed by atoms with Gasteiger partial charge in [-0.05, 0) is 6.08 Å². The second-order valence-electron chi connectivity index (χ2n) is 1.77. The van der Waals surface area contributed by atoms with Gasteiger partial charge in [0.2, 0.25) is 6.54 Å². The third kappa shape index (κ3) is 6.50. The summed E-state index contributed by atoms with van der Waals surface area (Å²) >= 11 is 0. The number of nitrogens with zero attached hydrogens (tertiary/aromatic N) is 1. The van der Waals surface area contributed by atoms with Crippen molar-refractivity contribution in [1.82, 2.24) is 0 Å². The normalized spacial score (nSPS) is 9.91. The fourth-order valence-electron chi connectivity index (χ4n) is 0.423. The first kappa shape index (κ1) is 9.61.